The minimum Gasteiger partial charge on any atom is -0.382 e. The Morgan fingerprint density at radius 2 is 1.63 bits per heavy atom. The van der Waals surface area contributed by atoms with Gasteiger partial charge in [-0.05, 0) is 48.6 Å². The van der Waals surface area contributed by atoms with E-state index in [1.54, 1.807) is 17.1 Å². The van der Waals surface area contributed by atoms with Gasteiger partial charge in [0.2, 0.25) is 0 Å². The van der Waals surface area contributed by atoms with Crippen molar-refractivity contribution in [3.63, 3.8) is 0 Å². The molecule has 1 amide bonds. The van der Waals surface area contributed by atoms with Crippen LogP contribution in [0.25, 0.3) is 22.4 Å². The van der Waals surface area contributed by atoms with Crippen LogP contribution >= 0.6 is 0 Å². The smallest absolute Gasteiger partial charge is 0.274 e. The van der Waals surface area contributed by atoms with Crippen molar-refractivity contribution in [2.24, 2.45) is 7.05 Å². The number of amides is 1. The average molecular weight is 581 g/mol. The summed E-state index contributed by atoms with van der Waals surface area (Å²) in [6.07, 6.45) is 7.70. The second kappa shape index (κ2) is 13.0. The number of hydrogen-bond acceptors (Lipinski definition) is 8. The fourth-order valence-electron chi connectivity index (χ4n) is 5.85. The van der Waals surface area contributed by atoms with Crippen molar-refractivity contribution >= 4 is 11.7 Å². The quantitative estimate of drug-likeness (QED) is 0.308. The number of aryl methyl sites for hydroxylation is 1. The normalized spacial score (nSPS) is 19.5. The second-order valence-corrected chi connectivity index (χ2v) is 11.7. The zero-order valence-corrected chi connectivity index (χ0v) is 24.9. The molecular formula is C33H40N8O2. The molecule has 2 aromatic carbocycles. The molecule has 43 heavy (non-hydrogen) atoms. The highest BCUT2D eigenvalue weighted by Crippen LogP contribution is 2.26. The highest BCUT2D eigenvalue weighted by atomic mass is 16.5. The third-order valence-corrected chi connectivity index (χ3v) is 8.49. The Morgan fingerprint density at radius 1 is 0.930 bits per heavy atom. The number of nitrogens with two attached hydrogens (primary N) is 1. The number of nitrogens with one attached hydrogen (secondary N) is 1. The second-order valence-electron chi connectivity index (χ2n) is 11.7. The highest BCUT2D eigenvalue weighted by Gasteiger charge is 2.30. The summed E-state index contributed by atoms with van der Waals surface area (Å²) in [6.45, 7) is 6.01. The van der Waals surface area contributed by atoms with Gasteiger partial charge in [-0.1, -0.05) is 48.5 Å². The van der Waals surface area contributed by atoms with Crippen LogP contribution in [-0.4, -0.2) is 80.8 Å². The molecule has 2 fully saturated rings. The fraction of sp³-hybridized carbons (Fsp3) is 0.394. The maximum absolute atomic E-state index is 13.2. The molecule has 10 heteroatoms. The summed E-state index contributed by atoms with van der Waals surface area (Å²) in [5.74, 6) is -0.236. The van der Waals surface area contributed by atoms with Crippen molar-refractivity contribution in [2.75, 3.05) is 39.0 Å². The monoisotopic (exact) mass is 580 g/mol. The number of benzene rings is 2. The highest BCUT2D eigenvalue weighted by molar-refractivity contribution is 5.97. The van der Waals surface area contributed by atoms with Gasteiger partial charge in [-0.15, -0.1) is 0 Å². The van der Waals surface area contributed by atoms with E-state index in [0.29, 0.717) is 12.3 Å². The van der Waals surface area contributed by atoms with E-state index in [1.165, 1.54) is 16.7 Å². The zero-order valence-electron chi connectivity index (χ0n) is 24.9. The van der Waals surface area contributed by atoms with Crippen LogP contribution in [0.15, 0.2) is 67.1 Å². The first-order valence-electron chi connectivity index (χ1n) is 15.0. The minimum atomic E-state index is -0.338. The number of nitrogens with zero attached hydrogens (tertiary/aromatic N) is 6. The summed E-state index contributed by atoms with van der Waals surface area (Å²) < 4.78 is 7.98. The van der Waals surface area contributed by atoms with Crippen molar-refractivity contribution in [3.05, 3.63) is 83.9 Å². The molecule has 0 unspecified atom stereocenters. The van der Waals surface area contributed by atoms with Crippen molar-refractivity contribution in [1.29, 1.82) is 0 Å². The summed E-state index contributed by atoms with van der Waals surface area (Å²) >= 11 is 0. The Hall–Kier alpha value is -4.12. The molecule has 1 aliphatic carbocycles. The lowest BCUT2D eigenvalue weighted by atomic mass is 10.0. The first-order chi connectivity index (χ1) is 20.9. The van der Waals surface area contributed by atoms with Crippen LogP contribution in [0.4, 0.5) is 5.82 Å². The number of likely N-dealkylation sites (N-methyl/N-ethyl adjacent to an activating group) is 1. The molecule has 3 N–H and O–H groups in total. The van der Waals surface area contributed by atoms with Gasteiger partial charge in [0, 0.05) is 51.5 Å². The summed E-state index contributed by atoms with van der Waals surface area (Å²) in [4.78, 5) is 26.8. The SMILES string of the molecule is CN1CCN(Cc2ccc(-c3ccc(CO[C@H]4CCC[C@@H]4NC(=O)c4nc(-c5cnn(C)c5)cnc4N)cc3)cc2)CC1. The molecule has 2 aliphatic rings. The lowest BCUT2D eigenvalue weighted by molar-refractivity contribution is 0.0271. The molecule has 0 spiro atoms. The van der Waals surface area contributed by atoms with E-state index < -0.39 is 0 Å². The molecule has 1 saturated heterocycles. The Balaban J connectivity index is 1.02. The van der Waals surface area contributed by atoms with Crippen LogP contribution in [0.5, 0.6) is 0 Å². The standard InChI is InChI=1S/C33H40N8O2/c1-39-14-16-41(17-15-39)20-23-6-10-25(11-7-23)26-12-8-24(9-13-26)22-43-30-5-3-4-28(30)38-33(42)31-32(34)35-19-29(37-31)27-18-36-40(2)21-27/h6-13,18-19,21,28,30H,3-5,14-17,20,22H2,1-2H3,(H2,34,35)(H,38,42)/t28-,30-/m0/s1. The van der Waals surface area contributed by atoms with Gasteiger partial charge in [0.05, 0.1) is 36.8 Å². The topological polar surface area (TPSA) is 114 Å². The molecule has 0 bridgehead atoms. The molecule has 0 radical (unpaired) electrons. The Labute approximate surface area is 252 Å². The van der Waals surface area contributed by atoms with Crippen molar-refractivity contribution in [3.8, 4) is 22.4 Å². The van der Waals surface area contributed by atoms with E-state index in [0.717, 1.165) is 63.1 Å². The van der Waals surface area contributed by atoms with Gasteiger partial charge in [-0.25, -0.2) is 9.97 Å². The Morgan fingerprint density at radius 3 is 2.30 bits per heavy atom. The lowest BCUT2D eigenvalue weighted by Gasteiger charge is -2.32. The number of carbonyl (C=O) groups is 1. The van der Waals surface area contributed by atoms with Gasteiger partial charge in [0.1, 0.15) is 0 Å². The fourth-order valence-corrected chi connectivity index (χ4v) is 5.85. The number of nitrogen functional groups attached to an aromatic ring is 1. The molecule has 2 atom stereocenters. The van der Waals surface area contributed by atoms with Gasteiger partial charge in [-0.2, -0.15) is 5.10 Å². The molecular weight excluding hydrogens is 540 g/mol. The largest absolute Gasteiger partial charge is 0.382 e. The van der Waals surface area contributed by atoms with Gasteiger partial charge >= 0.3 is 0 Å². The van der Waals surface area contributed by atoms with Crippen LogP contribution < -0.4 is 11.1 Å². The van der Waals surface area contributed by atoms with Crippen LogP contribution in [0.1, 0.15) is 40.9 Å². The Kier molecular flexibility index (Phi) is 8.78. The molecule has 4 aromatic rings. The molecule has 6 rings (SSSR count). The summed E-state index contributed by atoms with van der Waals surface area (Å²) in [7, 11) is 4.01. The van der Waals surface area contributed by atoms with Gasteiger partial charge < -0.3 is 20.7 Å². The molecule has 1 aliphatic heterocycles. The predicted octanol–water partition coefficient (Wildman–Crippen LogP) is 3.74. The van der Waals surface area contributed by atoms with E-state index in [9.17, 15) is 4.79 Å². The minimum absolute atomic E-state index is 0.0767. The van der Waals surface area contributed by atoms with Crippen molar-refractivity contribution in [1.82, 2.24) is 34.9 Å². The summed E-state index contributed by atoms with van der Waals surface area (Å²) in [6, 6.07) is 17.4. The molecule has 1 saturated carbocycles. The lowest BCUT2D eigenvalue weighted by Crippen LogP contribution is -2.43. The molecule has 10 nitrogen and oxygen atoms in total. The maximum Gasteiger partial charge on any atom is 0.274 e. The summed E-state index contributed by atoms with van der Waals surface area (Å²) in [5.41, 5.74) is 12.3. The van der Waals surface area contributed by atoms with Crippen LogP contribution in [-0.2, 0) is 24.9 Å². The number of piperazine rings is 1. The predicted molar refractivity (Wildman–Crippen MR) is 167 cm³/mol. The van der Waals surface area contributed by atoms with Gasteiger partial charge in [0.25, 0.3) is 5.91 Å². The molecule has 3 heterocycles. The van der Waals surface area contributed by atoms with E-state index in [1.807, 2.05) is 13.2 Å². The van der Waals surface area contributed by atoms with E-state index >= 15 is 0 Å². The van der Waals surface area contributed by atoms with Gasteiger partial charge in [0.15, 0.2) is 11.5 Å². The van der Waals surface area contributed by atoms with Gasteiger partial charge in [-0.3, -0.25) is 14.4 Å². The zero-order chi connectivity index (χ0) is 29.8. The van der Waals surface area contributed by atoms with E-state index in [4.69, 9.17) is 10.5 Å². The van der Waals surface area contributed by atoms with E-state index in [-0.39, 0.29) is 29.6 Å². The number of anilines is 1. The number of rotatable bonds is 9. The number of aromatic nitrogens is 4. The first kappa shape index (κ1) is 29.0. The third-order valence-electron chi connectivity index (χ3n) is 8.49. The average Bonchev–Trinajstić information content (AvgIpc) is 3.66. The Bertz CT molecular complexity index is 1530. The van der Waals surface area contributed by atoms with Crippen LogP contribution in [0.3, 0.4) is 0 Å². The van der Waals surface area contributed by atoms with E-state index in [2.05, 4.69) is 85.8 Å². The first-order valence-corrected chi connectivity index (χ1v) is 15.0. The van der Waals surface area contributed by atoms with Crippen molar-refractivity contribution in [2.45, 2.75) is 44.6 Å². The number of carbonyl (C=O) groups excluding carboxylic acids is 1. The summed E-state index contributed by atoms with van der Waals surface area (Å²) in [5, 5.41) is 7.27. The van der Waals surface area contributed by atoms with Crippen LogP contribution in [0, 0.1) is 0 Å². The van der Waals surface area contributed by atoms with Crippen molar-refractivity contribution < 1.29 is 9.53 Å². The maximum atomic E-state index is 13.2. The molecule has 2 aromatic heterocycles. The van der Waals surface area contributed by atoms with Crippen LogP contribution in [0.2, 0.25) is 0 Å². The number of ether oxygens (including phenoxy) is 1. The molecule has 224 valence electrons. The number of hydrogen-bond donors (Lipinski definition) is 2. The third kappa shape index (κ3) is 7.10.